The molecule has 0 aliphatic carbocycles. The molecule has 0 spiro atoms. The summed E-state index contributed by atoms with van der Waals surface area (Å²) in [4.78, 5) is 10.1. The van der Waals surface area contributed by atoms with Crippen molar-refractivity contribution in [3.8, 4) is 0 Å². The van der Waals surface area contributed by atoms with Crippen molar-refractivity contribution < 1.29 is 0 Å². The van der Waals surface area contributed by atoms with Gasteiger partial charge in [0.2, 0.25) is 5.28 Å². The summed E-state index contributed by atoms with van der Waals surface area (Å²) in [5.41, 5.74) is 0. The molecule has 1 heterocycles. The zero-order valence-corrected chi connectivity index (χ0v) is 9.62. The first-order valence-corrected chi connectivity index (χ1v) is 5.17. The molecule has 4 heteroatoms. The van der Waals surface area contributed by atoms with Crippen LogP contribution in [-0.4, -0.2) is 23.6 Å². The van der Waals surface area contributed by atoms with Crippen LogP contribution in [0.25, 0.3) is 0 Å². The molecule has 14 heavy (non-hydrogen) atoms. The molecule has 0 aliphatic rings. The van der Waals surface area contributed by atoms with E-state index in [4.69, 9.17) is 11.6 Å². The van der Waals surface area contributed by atoms with E-state index in [1.165, 1.54) is 0 Å². The van der Waals surface area contributed by atoms with Gasteiger partial charge in [0.1, 0.15) is 5.82 Å². The standard InChI is InChI=1S/C10H16ClN3/c1-8(2)5-7-14(3)9-4-6-12-10(11)13-9/h4,6,8H,5,7H2,1-3H3. The van der Waals surface area contributed by atoms with Gasteiger partial charge < -0.3 is 4.90 Å². The molecular formula is C10H16ClN3. The largest absolute Gasteiger partial charge is 0.360 e. The van der Waals surface area contributed by atoms with Crippen LogP contribution in [0, 0.1) is 5.92 Å². The van der Waals surface area contributed by atoms with E-state index in [2.05, 4.69) is 28.7 Å². The Hall–Kier alpha value is -0.830. The van der Waals surface area contributed by atoms with E-state index < -0.39 is 0 Å². The van der Waals surface area contributed by atoms with Crippen LogP contribution < -0.4 is 4.90 Å². The van der Waals surface area contributed by atoms with Gasteiger partial charge in [-0.3, -0.25) is 0 Å². The van der Waals surface area contributed by atoms with Crippen molar-refractivity contribution in [3.63, 3.8) is 0 Å². The zero-order valence-electron chi connectivity index (χ0n) is 8.87. The lowest BCUT2D eigenvalue weighted by molar-refractivity contribution is 0.583. The highest BCUT2D eigenvalue weighted by molar-refractivity contribution is 6.28. The quantitative estimate of drug-likeness (QED) is 0.720. The minimum Gasteiger partial charge on any atom is -0.360 e. The van der Waals surface area contributed by atoms with Crippen LogP contribution in [0.15, 0.2) is 12.3 Å². The maximum atomic E-state index is 5.70. The van der Waals surface area contributed by atoms with E-state index in [1.54, 1.807) is 6.20 Å². The molecule has 0 aromatic carbocycles. The van der Waals surface area contributed by atoms with E-state index >= 15 is 0 Å². The maximum Gasteiger partial charge on any atom is 0.224 e. The van der Waals surface area contributed by atoms with E-state index in [-0.39, 0.29) is 0 Å². The van der Waals surface area contributed by atoms with Crippen molar-refractivity contribution >= 4 is 17.4 Å². The van der Waals surface area contributed by atoms with Crippen molar-refractivity contribution in [1.82, 2.24) is 9.97 Å². The monoisotopic (exact) mass is 213 g/mol. The lowest BCUT2D eigenvalue weighted by Gasteiger charge is -2.18. The van der Waals surface area contributed by atoms with Gasteiger partial charge in [-0.1, -0.05) is 13.8 Å². The van der Waals surface area contributed by atoms with Crippen LogP contribution in [0.2, 0.25) is 5.28 Å². The van der Waals surface area contributed by atoms with Gasteiger partial charge >= 0.3 is 0 Å². The second-order valence-electron chi connectivity index (χ2n) is 3.79. The van der Waals surface area contributed by atoms with Crippen molar-refractivity contribution in [1.29, 1.82) is 0 Å². The van der Waals surface area contributed by atoms with Crippen LogP contribution in [0.3, 0.4) is 0 Å². The molecule has 0 fully saturated rings. The summed E-state index contributed by atoms with van der Waals surface area (Å²) in [6.07, 6.45) is 2.83. The average Bonchev–Trinajstić information content (AvgIpc) is 2.14. The minimum atomic E-state index is 0.305. The Labute approximate surface area is 90.1 Å². The summed E-state index contributed by atoms with van der Waals surface area (Å²) < 4.78 is 0. The highest BCUT2D eigenvalue weighted by atomic mass is 35.5. The molecule has 0 radical (unpaired) electrons. The molecular weight excluding hydrogens is 198 g/mol. The molecule has 78 valence electrons. The predicted octanol–water partition coefficient (Wildman–Crippen LogP) is 2.61. The van der Waals surface area contributed by atoms with Crippen molar-refractivity contribution in [3.05, 3.63) is 17.5 Å². The average molecular weight is 214 g/mol. The van der Waals surface area contributed by atoms with Gasteiger partial charge in [0.15, 0.2) is 0 Å². The third kappa shape index (κ3) is 3.50. The van der Waals surface area contributed by atoms with Gasteiger partial charge in [0, 0.05) is 19.8 Å². The topological polar surface area (TPSA) is 29.0 Å². The van der Waals surface area contributed by atoms with Crippen molar-refractivity contribution in [2.45, 2.75) is 20.3 Å². The Morgan fingerprint density at radius 3 is 2.79 bits per heavy atom. The van der Waals surface area contributed by atoms with Crippen LogP contribution in [0.4, 0.5) is 5.82 Å². The second kappa shape index (κ2) is 5.15. The SMILES string of the molecule is CC(C)CCN(C)c1ccnc(Cl)n1. The normalized spacial score (nSPS) is 10.6. The van der Waals surface area contributed by atoms with Gasteiger partial charge in [0.25, 0.3) is 0 Å². The maximum absolute atomic E-state index is 5.70. The first-order valence-electron chi connectivity index (χ1n) is 4.79. The smallest absolute Gasteiger partial charge is 0.224 e. The molecule has 0 saturated heterocycles. The third-order valence-electron chi connectivity index (χ3n) is 2.04. The lowest BCUT2D eigenvalue weighted by Crippen LogP contribution is -2.21. The Morgan fingerprint density at radius 1 is 1.50 bits per heavy atom. The molecule has 0 aliphatic heterocycles. The fourth-order valence-electron chi connectivity index (χ4n) is 1.11. The molecule has 0 bridgehead atoms. The molecule has 1 rings (SSSR count). The predicted molar refractivity (Wildman–Crippen MR) is 59.8 cm³/mol. The summed E-state index contributed by atoms with van der Waals surface area (Å²) in [6.45, 7) is 5.41. The van der Waals surface area contributed by atoms with Crippen LogP contribution in [0.1, 0.15) is 20.3 Å². The van der Waals surface area contributed by atoms with E-state index in [0.717, 1.165) is 18.8 Å². The number of hydrogen-bond donors (Lipinski definition) is 0. The van der Waals surface area contributed by atoms with Gasteiger partial charge in [-0.15, -0.1) is 0 Å². The third-order valence-corrected chi connectivity index (χ3v) is 2.23. The highest BCUT2D eigenvalue weighted by Gasteiger charge is 2.04. The Balaban J connectivity index is 2.56. The molecule has 3 nitrogen and oxygen atoms in total. The molecule has 1 aromatic rings. The zero-order chi connectivity index (χ0) is 10.6. The first kappa shape index (κ1) is 11.2. The lowest BCUT2D eigenvalue weighted by atomic mass is 10.1. The van der Waals surface area contributed by atoms with Crippen LogP contribution in [0.5, 0.6) is 0 Å². The number of rotatable bonds is 4. The summed E-state index contributed by atoms with van der Waals surface area (Å²) >= 11 is 5.70. The molecule has 0 N–H and O–H groups in total. The fourth-order valence-corrected chi connectivity index (χ4v) is 1.25. The van der Waals surface area contributed by atoms with Crippen LogP contribution in [-0.2, 0) is 0 Å². The fraction of sp³-hybridized carbons (Fsp3) is 0.600. The van der Waals surface area contributed by atoms with Gasteiger partial charge in [-0.05, 0) is 30.0 Å². The number of anilines is 1. The van der Waals surface area contributed by atoms with Crippen molar-refractivity contribution in [2.75, 3.05) is 18.5 Å². The summed E-state index contributed by atoms with van der Waals surface area (Å²) in [7, 11) is 2.01. The summed E-state index contributed by atoms with van der Waals surface area (Å²) in [5.74, 6) is 1.58. The molecule has 0 unspecified atom stereocenters. The molecule has 1 aromatic heterocycles. The number of hydrogen-bond acceptors (Lipinski definition) is 3. The van der Waals surface area contributed by atoms with Crippen molar-refractivity contribution in [2.24, 2.45) is 5.92 Å². The van der Waals surface area contributed by atoms with E-state index in [0.29, 0.717) is 11.2 Å². The van der Waals surface area contributed by atoms with Gasteiger partial charge in [-0.25, -0.2) is 9.97 Å². The minimum absolute atomic E-state index is 0.305. The Morgan fingerprint density at radius 2 is 2.21 bits per heavy atom. The number of halogens is 1. The molecule has 0 saturated carbocycles. The van der Waals surface area contributed by atoms with Gasteiger partial charge in [0.05, 0.1) is 0 Å². The van der Waals surface area contributed by atoms with Gasteiger partial charge in [-0.2, -0.15) is 0 Å². The molecule has 0 amide bonds. The van der Waals surface area contributed by atoms with E-state index in [9.17, 15) is 0 Å². The Bertz CT molecular complexity index is 288. The van der Waals surface area contributed by atoms with E-state index in [1.807, 2.05) is 13.1 Å². The number of nitrogens with zero attached hydrogens (tertiary/aromatic N) is 3. The first-order chi connectivity index (χ1) is 6.59. The number of aromatic nitrogens is 2. The van der Waals surface area contributed by atoms with Crippen LogP contribution >= 0.6 is 11.6 Å². The highest BCUT2D eigenvalue weighted by Crippen LogP contribution is 2.12. The Kier molecular flexibility index (Phi) is 4.14. The summed E-state index contributed by atoms with van der Waals surface area (Å²) in [5, 5.41) is 0.305. The summed E-state index contributed by atoms with van der Waals surface area (Å²) in [6, 6.07) is 1.87. The second-order valence-corrected chi connectivity index (χ2v) is 4.13. The molecule has 0 atom stereocenters.